The molecule has 0 radical (unpaired) electrons. The standard InChI is InChI=1S/C18H20N2O/c1-12-15(3-2-4-16(12)20-14-6-7-14)13-5-8-17-18(11-13)21-10-9-19-17/h2-5,8,11,14,19-20H,6-7,9-10H2,1H3. The van der Waals surface area contributed by atoms with Crippen LogP contribution in [0.1, 0.15) is 18.4 Å². The third-order valence-electron chi connectivity index (χ3n) is 4.24. The second kappa shape index (κ2) is 4.99. The smallest absolute Gasteiger partial charge is 0.143 e. The number of fused-ring (bicyclic) bond motifs is 1. The number of ether oxygens (including phenoxy) is 1. The van der Waals surface area contributed by atoms with Crippen LogP contribution in [0.5, 0.6) is 5.75 Å². The fraction of sp³-hybridized carbons (Fsp3) is 0.333. The van der Waals surface area contributed by atoms with Gasteiger partial charge in [0.05, 0.1) is 5.69 Å². The van der Waals surface area contributed by atoms with Crippen LogP contribution in [-0.2, 0) is 0 Å². The van der Waals surface area contributed by atoms with Gasteiger partial charge in [0.1, 0.15) is 12.4 Å². The van der Waals surface area contributed by atoms with E-state index in [1.54, 1.807) is 0 Å². The predicted octanol–water partition coefficient (Wildman–Crippen LogP) is 4.04. The highest BCUT2D eigenvalue weighted by atomic mass is 16.5. The molecule has 108 valence electrons. The van der Waals surface area contributed by atoms with Crippen molar-refractivity contribution >= 4 is 11.4 Å². The summed E-state index contributed by atoms with van der Waals surface area (Å²) in [5.74, 6) is 0.957. The minimum Gasteiger partial charge on any atom is -0.490 e. The van der Waals surface area contributed by atoms with Crippen LogP contribution in [0.3, 0.4) is 0 Å². The zero-order valence-electron chi connectivity index (χ0n) is 12.3. The summed E-state index contributed by atoms with van der Waals surface area (Å²) in [6.07, 6.45) is 2.59. The first kappa shape index (κ1) is 12.6. The van der Waals surface area contributed by atoms with Crippen LogP contribution in [-0.4, -0.2) is 19.2 Å². The Balaban J connectivity index is 1.72. The SMILES string of the molecule is Cc1c(NC2CC2)cccc1-c1ccc2c(c1)OCCN2. The van der Waals surface area contributed by atoms with Crippen molar-refractivity contribution in [3.05, 3.63) is 42.0 Å². The summed E-state index contributed by atoms with van der Waals surface area (Å²) in [5.41, 5.74) is 6.15. The third kappa shape index (κ3) is 2.44. The predicted molar refractivity (Wildman–Crippen MR) is 87.2 cm³/mol. The van der Waals surface area contributed by atoms with E-state index in [1.165, 1.54) is 35.2 Å². The number of hydrogen-bond donors (Lipinski definition) is 2. The molecule has 1 fully saturated rings. The molecule has 1 saturated carbocycles. The summed E-state index contributed by atoms with van der Waals surface area (Å²) in [5, 5.41) is 6.98. The van der Waals surface area contributed by atoms with Crippen LogP contribution in [0.2, 0.25) is 0 Å². The van der Waals surface area contributed by atoms with Crippen molar-refractivity contribution in [1.29, 1.82) is 0 Å². The molecule has 0 aromatic heterocycles. The molecule has 2 aliphatic rings. The molecule has 2 aromatic carbocycles. The molecule has 1 aliphatic carbocycles. The maximum atomic E-state index is 5.75. The van der Waals surface area contributed by atoms with Crippen LogP contribution in [0.4, 0.5) is 11.4 Å². The lowest BCUT2D eigenvalue weighted by Crippen LogP contribution is -2.17. The average Bonchev–Trinajstić information content (AvgIpc) is 3.33. The van der Waals surface area contributed by atoms with E-state index in [2.05, 4.69) is 54.0 Å². The van der Waals surface area contributed by atoms with Crippen LogP contribution in [0.15, 0.2) is 36.4 Å². The largest absolute Gasteiger partial charge is 0.490 e. The molecule has 0 amide bonds. The highest BCUT2D eigenvalue weighted by molar-refractivity contribution is 5.77. The Morgan fingerprint density at radius 1 is 1.19 bits per heavy atom. The van der Waals surface area contributed by atoms with Crippen molar-refractivity contribution in [2.45, 2.75) is 25.8 Å². The monoisotopic (exact) mass is 280 g/mol. The maximum Gasteiger partial charge on any atom is 0.143 e. The van der Waals surface area contributed by atoms with Gasteiger partial charge in [-0.15, -0.1) is 0 Å². The molecule has 0 bridgehead atoms. The van der Waals surface area contributed by atoms with E-state index in [1.807, 2.05) is 0 Å². The molecular formula is C18H20N2O. The van der Waals surface area contributed by atoms with Crippen LogP contribution >= 0.6 is 0 Å². The molecule has 0 atom stereocenters. The van der Waals surface area contributed by atoms with Crippen molar-refractivity contribution in [2.24, 2.45) is 0 Å². The second-order valence-electron chi connectivity index (χ2n) is 5.88. The topological polar surface area (TPSA) is 33.3 Å². The van der Waals surface area contributed by atoms with Gasteiger partial charge in [-0.25, -0.2) is 0 Å². The Morgan fingerprint density at radius 3 is 2.95 bits per heavy atom. The average molecular weight is 280 g/mol. The van der Waals surface area contributed by atoms with E-state index in [4.69, 9.17) is 4.74 Å². The van der Waals surface area contributed by atoms with Gasteiger partial charge < -0.3 is 15.4 Å². The number of benzene rings is 2. The summed E-state index contributed by atoms with van der Waals surface area (Å²) in [7, 11) is 0. The molecule has 21 heavy (non-hydrogen) atoms. The van der Waals surface area contributed by atoms with E-state index in [0.29, 0.717) is 6.04 Å². The molecule has 3 nitrogen and oxygen atoms in total. The van der Waals surface area contributed by atoms with Gasteiger partial charge in [-0.1, -0.05) is 18.2 Å². The molecule has 2 N–H and O–H groups in total. The Kier molecular flexibility index (Phi) is 2.99. The highest BCUT2D eigenvalue weighted by Crippen LogP contribution is 2.36. The van der Waals surface area contributed by atoms with Crippen LogP contribution in [0.25, 0.3) is 11.1 Å². The Morgan fingerprint density at radius 2 is 2.10 bits per heavy atom. The molecular weight excluding hydrogens is 260 g/mol. The van der Waals surface area contributed by atoms with E-state index < -0.39 is 0 Å². The zero-order chi connectivity index (χ0) is 14.2. The highest BCUT2D eigenvalue weighted by Gasteiger charge is 2.22. The lowest BCUT2D eigenvalue weighted by atomic mass is 9.98. The zero-order valence-corrected chi connectivity index (χ0v) is 12.3. The Bertz CT molecular complexity index is 677. The van der Waals surface area contributed by atoms with Gasteiger partial charge in [-0.05, 0) is 54.7 Å². The number of hydrogen-bond acceptors (Lipinski definition) is 3. The minimum atomic E-state index is 0.676. The molecule has 2 aromatic rings. The molecule has 1 aliphatic heterocycles. The first-order chi connectivity index (χ1) is 10.3. The van der Waals surface area contributed by atoms with E-state index in [-0.39, 0.29) is 0 Å². The molecule has 0 saturated heterocycles. The van der Waals surface area contributed by atoms with Gasteiger partial charge in [0.2, 0.25) is 0 Å². The molecule has 0 unspecified atom stereocenters. The fourth-order valence-electron chi connectivity index (χ4n) is 2.85. The molecule has 1 heterocycles. The van der Waals surface area contributed by atoms with Gasteiger partial charge in [-0.3, -0.25) is 0 Å². The van der Waals surface area contributed by atoms with Crippen molar-refractivity contribution in [3.63, 3.8) is 0 Å². The molecule has 0 spiro atoms. The van der Waals surface area contributed by atoms with E-state index >= 15 is 0 Å². The first-order valence-electron chi connectivity index (χ1n) is 7.68. The number of rotatable bonds is 3. The molecule has 4 rings (SSSR count). The number of nitrogens with one attached hydrogen (secondary N) is 2. The van der Waals surface area contributed by atoms with Gasteiger partial charge in [0.25, 0.3) is 0 Å². The Hall–Kier alpha value is -2.16. The Labute approximate surface area is 125 Å². The van der Waals surface area contributed by atoms with Gasteiger partial charge in [-0.2, -0.15) is 0 Å². The van der Waals surface area contributed by atoms with Gasteiger partial charge in [0, 0.05) is 18.3 Å². The van der Waals surface area contributed by atoms with Crippen molar-refractivity contribution in [1.82, 2.24) is 0 Å². The summed E-state index contributed by atoms with van der Waals surface area (Å²) in [4.78, 5) is 0. The van der Waals surface area contributed by atoms with Gasteiger partial charge >= 0.3 is 0 Å². The second-order valence-corrected chi connectivity index (χ2v) is 5.88. The fourth-order valence-corrected chi connectivity index (χ4v) is 2.85. The first-order valence-corrected chi connectivity index (χ1v) is 7.68. The van der Waals surface area contributed by atoms with Gasteiger partial charge in [0.15, 0.2) is 0 Å². The lowest BCUT2D eigenvalue weighted by Gasteiger charge is -2.20. The van der Waals surface area contributed by atoms with Crippen LogP contribution < -0.4 is 15.4 Å². The summed E-state index contributed by atoms with van der Waals surface area (Å²) < 4.78 is 5.75. The lowest BCUT2D eigenvalue weighted by molar-refractivity contribution is 0.323. The van der Waals surface area contributed by atoms with Crippen molar-refractivity contribution < 1.29 is 4.74 Å². The van der Waals surface area contributed by atoms with E-state index in [0.717, 1.165) is 24.6 Å². The minimum absolute atomic E-state index is 0.676. The third-order valence-corrected chi connectivity index (χ3v) is 4.24. The normalized spacial score (nSPS) is 16.6. The number of anilines is 2. The van der Waals surface area contributed by atoms with Crippen LogP contribution in [0, 0.1) is 6.92 Å². The quantitative estimate of drug-likeness (QED) is 0.890. The summed E-state index contributed by atoms with van der Waals surface area (Å²) in [6.45, 7) is 3.81. The summed E-state index contributed by atoms with van der Waals surface area (Å²) in [6, 6.07) is 13.6. The van der Waals surface area contributed by atoms with Crippen molar-refractivity contribution in [3.8, 4) is 16.9 Å². The molecule has 3 heteroatoms. The maximum absolute atomic E-state index is 5.75. The van der Waals surface area contributed by atoms with Crippen molar-refractivity contribution in [2.75, 3.05) is 23.8 Å². The van der Waals surface area contributed by atoms with E-state index in [9.17, 15) is 0 Å². The summed E-state index contributed by atoms with van der Waals surface area (Å²) >= 11 is 0.